The van der Waals surface area contributed by atoms with E-state index in [2.05, 4.69) is 0 Å². The summed E-state index contributed by atoms with van der Waals surface area (Å²) in [5, 5.41) is 0. The van der Waals surface area contributed by atoms with E-state index in [0.29, 0.717) is 5.56 Å². The van der Waals surface area contributed by atoms with Crippen molar-refractivity contribution in [1.82, 2.24) is 0 Å². The van der Waals surface area contributed by atoms with Gasteiger partial charge in [0.1, 0.15) is 12.6 Å². The molecule has 1 unspecified atom stereocenters. The fraction of sp³-hybridized carbons (Fsp3) is 0.368. The van der Waals surface area contributed by atoms with Gasteiger partial charge in [0.05, 0.1) is 5.60 Å². The molecular formula is C19H23FO2. The van der Waals surface area contributed by atoms with Gasteiger partial charge in [0, 0.05) is 18.6 Å². The Labute approximate surface area is 131 Å². The lowest BCUT2D eigenvalue weighted by atomic mass is 9.85. The Morgan fingerprint density at radius 3 is 2.36 bits per heavy atom. The minimum absolute atomic E-state index is 0.0435. The Kier molecular flexibility index (Phi) is 5.33. The number of halogens is 1. The van der Waals surface area contributed by atoms with Crippen LogP contribution in [-0.4, -0.2) is 19.5 Å². The number of benzene rings is 2. The topological polar surface area (TPSA) is 18.5 Å². The van der Waals surface area contributed by atoms with Gasteiger partial charge >= 0.3 is 0 Å². The van der Waals surface area contributed by atoms with Crippen LogP contribution in [0.1, 0.15) is 32.3 Å². The highest BCUT2D eigenvalue weighted by molar-refractivity contribution is 5.64. The molecule has 0 aliphatic carbocycles. The van der Waals surface area contributed by atoms with E-state index in [1.54, 1.807) is 13.2 Å². The first-order valence-electron chi connectivity index (χ1n) is 7.43. The van der Waals surface area contributed by atoms with Crippen LogP contribution < -0.4 is 0 Å². The second kappa shape index (κ2) is 7.03. The lowest BCUT2D eigenvalue weighted by molar-refractivity contribution is -0.123. The molecule has 0 N–H and O–H groups in total. The van der Waals surface area contributed by atoms with Crippen LogP contribution in [0.15, 0.2) is 48.5 Å². The molecule has 0 fully saturated rings. The third-order valence-electron chi connectivity index (χ3n) is 4.17. The molecule has 0 amide bonds. The van der Waals surface area contributed by atoms with E-state index in [4.69, 9.17) is 9.47 Å². The Balaban J connectivity index is 2.26. The zero-order valence-corrected chi connectivity index (χ0v) is 13.6. The molecule has 22 heavy (non-hydrogen) atoms. The fourth-order valence-electron chi connectivity index (χ4n) is 2.39. The summed E-state index contributed by atoms with van der Waals surface area (Å²) in [6, 6.07) is 15.0. The van der Waals surface area contributed by atoms with Crippen molar-refractivity contribution < 1.29 is 13.9 Å². The molecule has 1 atom stereocenters. The molecule has 0 bridgehead atoms. The van der Waals surface area contributed by atoms with Crippen molar-refractivity contribution in [2.45, 2.75) is 32.3 Å². The molecule has 2 nitrogen and oxygen atoms in total. The number of rotatable bonds is 6. The number of hydrogen-bond acceptors (Lipinski definition) is 2. The summed E-state index contributed by atoms with van der Waals surface area (Å²) in [6.07, 6.45) is 0. The van der Waals surface area contributed by atoms with Crippen LogP contribution in [-0.2, 0) is 9.47 Å². The minimum Gasteiger partial charge on any atom is -0.359 e. The third kappa shape index (κ3) is 3.73. The molecule has 3 heteroatoms. The summed E-state index contributed by atoms with van der Waals surface area (Å²) >= 11 is 0. The van der Waals surface area contributed by atoms with E-state index in [1.165, 1.54) is 0 Å². The molecule has 0 heterocycles. The highest BCUT2D eigenvalue weighted by atomic mass is 19.1. The maximum absolute atomic E-state index is 14.5. The molecule has 2 aromatic rings. The van der Waals surface area contributed by atoms with Gasteiger partial charge < -0.3 is 9.47 Å². The molecule has 0 aromatic heterocycles. The fourth-order valence-corrected chi connectivity index (χ4v) is 2.39. The number of hydrogen-bond donors (Lipinski definition) is 0. The summed E-state index contributed by atoms with van der Waals surface area (Å²) in [6.45, 7) is 6.23. The van der Waals surface area contributed by atoms with Gasteiger partial charge in [-0.3, -0.25) is 0 Å². The number of methoxy groups -OCH3 is 1. The van der Waals surface area contributed by atoms with Gasteiger partial charge in [0.25, 0.3) is 0 Å². The van der Waals surface area contributed by atoms with E-state index in [9.17, 15) is 4.39 Å². The predicted molar refractivity (Wildman–Crippen MR) is 87.3 cm³/mol. The van der Waals surface area contributed by atoms with Crippen molar-refractivity contribution in [3.63, 3.8) is 0 Å². The maximum atomic E-state index is 14.5. The molecule has 2 aromatic carbocycles. The molecule has 0 radical (unpaired) electrons. The molecule has 0 aliphatic heterocycles. The second-order valence-corrected chi connectivity index (χ2v) is 5.98. The SMILES string of the molecule is COCOC(C)(C)C(C)c1ccc(-c2ccccc2)c(F)c1. The van der Waals surface area contributed by atoms with Gasteiger partial charge in [0.2, 0.25) is 0 Å². The quantitative estimate of drug-likeness (QED) is 0.699. The maximum Gasteiger partial charge on any atom is 0.147 e. The van der Waals surface area contributed by atoms with Crippen LogP contribution in [0.5, 0.6) is 0 Å². The lowest BCUT2D eigenvalue weighted by Gasteiger charge is -2.32. The average molecular weight is 302 g/mol. The highest BCUT2D eigenvalue weighted by Crippen LogP contribution is 2.33. The zero-order chi connectivity index (χ0) is 16.2. The molecule has 118 valence electrons. The van der Waals surface area contributed by atoms with Crippen molar-refractivity contribution in [3.8, 4) is 11.1 Å². The lowest BCUT2D eigenvalue weighted by Crippen LogP contribution is -2.32. The molecule has 0 aliphatic rings. The normalized spacial score (nSPS) is 13.1. The zero-order valence-electron chi connectivity index (χ0n) is 13.6. The van der Waals surface area contributed by atoms with Gasteiger partial charge in [-0.15, -0.1) is 0 Å². The van der Waals surface area contributed by atoms with Crippen molar-refractivity contribution >= 4 is 0 Å². The van der Waals surface area contributed by atoms with Crippen LogP contribution in [0.2, 0.25) is 0 Å². The van der Waals surface area contributed by atoms with Gasteiger partial charge in [-0.05, 0) is 31.0 Å². The molecule has 0 spiro atoms. The van der Waals surface area contributed by atoms with E-state index >= 15 is 0 Å². The minimum atomic E-state index is -0.434. The van der Waals surface area contributed by atoms with Crippen LogP contribution in [0, 0.1) is 5.82 Å². The summed E-state index contributed by atoms with van der Waals surface area (Å²) in [5.41, 5.74) is 1.98. The van der Waals surface area contributed by atoms with Crippen LogP contribution in [0.3, 0.4) is 0 Å². The standard InChI is InChI=1S/C19H23FO2/c1-14(19(2,3)22-13-21-4)16-10-11-17(18(20)12-16)15-8-6-5-7-9-15/h5-12,14H,13H2,1-4H3. The van der Waals surface area contributed by atoms with E-state index in [0.717, 1.165) is 11.1 Å². The summed E-state index contributed by atoms with van der Waals surface area (Å²) in [7, 11) is 1.59. The van der Waals surface area contributed by atoms with Gasteiger partial charge in [0.15, 0.2) is 0 Å². The molecular weight excluding hydrogens is 279 g/mol. The summed E-state index contributed by atoms with van der Waals surface area (Å²) < 4.78 is 25.1. The second-order valence-electron chi connectivity index (χ2n) is 5.98. The van der Waals surface area contributed by atoms with E-state index in [1.807, 2.05) is 63.2 Å². The Bertz CT molecular complexity index is 608. The van der Waals surface area contributed by atoms with E-state index in [-0.39, 0.29) is 18.5 Å². The summed E-state index contributed by atoms with van der Waals surface area (Å²) in [4.78, 5) is 0. The van der Waals surface area contributed by atoms with Crippen molar-refractivity contribution in [2.75, 3.05) is 13.9 Å². The Hall–Kier alpha value is -1.71. The van der Waals surface area contributed by atoms with Crippen molar-refractivity contribution in [3.05, 3.63) is 59.9 Å². The summed E-state index contributed by atoms with van der Waals surface area (Å²) in [5.74, 6) is -0.167. The monoisotopic (exact) mass is 302 g/mol. The van der Waals surface area contributed by atoms with Crippen molar-refractivity contribution in [1.29, 1.82) is 0 Å². The van der Waals surface area contributed by atoms with Gasteiger partial charge in [-0.25, -0.2) is 4.39 Å². The molecule has 0 saturated heterocycles. The third-order valence-corrected chi connectivity index (χ3v) is 4.17. The van der Waals surface area contributed by atoms with E-state index < -0.39 is 5.60 Å². The number of ether oxygens (including phenoxy) is 2. The first-order valence-corrected chi connectivity index (χ1v) is 7.43. The highest BCUT2D eigenvalue weighted by Gasteiger charge is 2.28. The average Bonchev–Trinajstić information content (AvgIpc) is 2.53. The predicted octanol–water partition coefficient (Wildman–Crippen LogP) is 5.00. The van der Waals surface area contributed by atoms with Gasteiger partial charge in [-0.2, -0.15) is 0 Å². The van der Waals surface area contributed by atoms with Crippen LogP contribution in [0.25, 0.3) is 11.1 Å². The Morgan fingerprint density at radius 2 is 1.77 bits per heavy atom. The smallest absolute Gasteiger partial charge is 0.147 e. The van der Waals surface area contributed by atoms with Gasteiger partial charge in [-0.1, -0.05) is 49.4 Å². The first kappa shape index (κ1) is 16.7. The van der Waals surface area contributed by atoms with Crippen molar-refractivity contribution in [2.24, 2.45) is 0 Å². The van der Waals surface area contributed by atoms with Crippen LogP contribution in [0.4, 0.5) is 4.39 Å². The Morgan fingerprint density at radius 1 is 1.09 bits per heavy atom. The molecule has 0 saturated carbocycles. The largest absolute Gasteiger partial charge is 0.359 e. The van der Waals surface area contributed by atoms with Crippen LogP contribution >= 0.6 is 0 Å². The molecule has 2 rings (SSSR count). The first-order chi connectivity index (χ1) is 10.5.